The van der Waals surface area contributed by atoms with Crippen molar-refractivity contribution in [1.29, 1.82) is 0 Å². The lowest BCUT2D eigenvalue weighted by molar-refractivity contribution is -0.117. The van der Waals surface area contributed by atoms with E-state index < -0.39 is 6.03 Å². The second-order valence-electron chi connectivity index (χ2n) is 4.48. The van der Waals surface area contributed by atoms with E-state index in [2.05, 4.69) is 22.2 Å². The van der Waals surface area contributed by atoms with Crippen LogP contribution in [0.2, 0.25) is 0 Å². The minimum atomic E-state index is -0.479. The highest BCUT2D eigenvalue weighted by Gasteiger charge is 2.13. The summed E-state index contributed by atoms with van der Waals surface area (Å²) in [4.78, 5) is 27.5. The molecule has 0 spiro atoms. The molecular formula is C15H18N4O2S. The standard InChI is InChI=1S/C15H18N4O2S/c1-3-9-19-12-8-6-5-7-11(12)17-15(19)22-10-13(20)18-14(21)16-4-2/h3,5-8H,1,4,9-10H2,2H3,(H2,16,18,20,21). The van der Waals surface area contributed by atoms with Crippen molar-refractivity contribution in [3.63, 3.8) is 0 Å². The van der Waals surface area contributed by atoms with Gasteiger partial charge in [-0.15, -0.1) is 6.58 Å². The van der Waals surface area contributed by atoms with E-state index in [9.17, 15) is 9.59 Å². The average molecular weight is 318 g/mol. The Balaban J connectivity index is 2.07. The quantitative estimate of drug-likeness (QED) is 0.632. The number of carbonyl (C=O) groups excluding carboxylic acids is 2. The van der Waals surface area contributed by atoms with Crippen LogP contribution in [0.4, 0.5) is 4.79 Å². The number of carbonyl (C=O) groups is 2. The third-order valence-electron chi connectivity index (χ3n) is 2.85. The number of nitrogens with one attached hydrogen (secondary N) is 2. The number of imide groups is 1. The van der Waals surface area contributed by atoms with E-state index in [0.717, 1.165) is 16.2 Å². The molecule has 7 heteroatoms. The Hall–Kier alpha value is -2.28. The molecule has 2 N–H and O–H groups in total. The van der Waals surface area contributed by atoms with E-state index in [-0.39, 0.29) is 11.7 Å². The first kappa shape index (κ1) is 16.1. The third kappa shape index (κ3) is 3.88. The lowest BCUT2D eigenvalue weighted by Crippen LogP contribution is -2.40. The third-order valence-corrected chi connectivity index (χ3v) is 3.83. The van der Waals surface area contributed by atoms with E-state index in [1.54, 1.807) is 13.0 Å². The molecule has 0 aliphatic carbocycles. The summed E-state index contributed by atoms with van der Waals surface area (Å²) in [5.41, 5.74) is 1.87. The number of aromatic nitrogens is 2. The molecule has 3 amide bonds. The number of benzene rings is 1. The molecule has 0 bridgehead atoms. The summed E-state index contributed by atoms with van der Waals surface area (Å²) in [6, 6.07) is 7.29. The lowest BCUT2D eigenvalue weighted by Gasteiger charge is -2.06. The van der Waals surface area contributed by atoms with Crippen LogP contribution in [0.5, 0.6) is 0 Å². The smallest absolute Gasteiger partial charge is 0.321 e. The molecule has 0 saturated heterocycles. The normalized spacial score (nSPS) is 10.4. The fraction of sp³-hybridized carbons (Fsp3) is 0.267. The highest BCUT2D eigenvalue weighted by molar-refractivity contribution is 7.99. The van der Waals surface area contributed by atoms with Crippen molar-refractivity contribution < 1.29 is 9.59 Å². The van der Waals surface area contributed by atoms with Gasteiger partial charge in [0.05, 0.1) is 16.8 Å². The maximum Gasteiger partial charge on any atom is 0.321 e. The molecular weight excluding hydrogens is 300 g/mol. The first-order valence-corrected chi connectivity index (χ1v) is 7.91. The molecule has 2 rings (SSSR count). The van der Waals surface area contributed by atoms with E-state index >= 15 is 0 Å². The Bertz CT molecular complexity index is 696. The van der Waals surface area contributed by atoms with Crippen molar-refractivity contribution in [3.05, 3.63) is 36.9 Å². The Kier molecular flexibility index (Phi) is 5.60. The zero-order valence-electron chi connectivity index (χ0n) is 12.3. The molecule has 0 aliphatic heterocycles. The minimum Gasteiger partial charge on any atom is -0.338 e. The molecule has 0 atom stereocenters. The summed E-state index contributed by atoms with van der Waals surface area (Å²) in [5, 5.41) is 5.51. The van der Waals surface area contributed by atoms with Gasteiger partial charge in [-0.2, -0.15) is 0 Å². The molecule has 0 saturated carbocycles. The minimum absolute atomic E-state index is 0.123. The van der Waals surface area contributed by atoms with Gasteiger partial charge in [0.15, 0.2) is 5.16 Å². The SMILES string of the molecule is C=CCn1c(SCC(=O)NC(=O)NCC)nc2ccccc21. The second-order valence-corrected chi connectivity index (χ2v) is 5.42. The van der Waals surface area contributed by atoms with Gasteiger partial charge in [-0.25, -0.2) is 9.78 Å². The summed E-state index contributed by atoms with van der Waals surface area (Å²) < 4.78 is 1.99. The van der Waals surface area contributed by atoms with Crippen LogP contribution < -0.4 is 10.6 Å². The highest BCUT2D eigenvalue weighted by Crippen LogP contribution is 2.23. The second kappa shape index (κ2) is 7.65. The van der Waals surface area contributed by atoms with Crippen molar-refractivity contribution in [1.82, 2.24) is 20.2 Å². The van der Waals surface area contributed by atoms with Crippen molar-refractivity contribution in [3.8, 4) is 0 Å². The summed E-state index contributed by atoms with van der Waals surface area (Å²) in [5.74, 6) is -0.231. The predicted octanol–water partition coefficient (Wildman–Crippen LogP) is 2.16. The van der Waals surface area contributed by atoms with Crippen molar-refractivity contribution in [2.24, 2.45) is 0 Å². The molecule has 1 aromatic carbocycles. The van der Waals surface area contributed by atoms with Crippen molar-refractivity contribution in [2.75, 3.05) is 12.3 Å². The van der Waals surface area contributed by atoms with E-state index in [0.29, 0.717) is 13.1 Å². The van der Waals surface area contributed by atoms with Gasteiger partial charge in [0.25, 0.3) is 0 Å². The Morgan fingerprint density at radius 2 is 2.18 bits per heavy atom. The molecule has 22 heavy (non-hydrogen) atoms. The van der Waals surface area contributed by atoms with E-state index in [4.69, 9.17) is 0 Å². The molecule has 116 valence electrons. The van der Waals surface area contributed by atoms with Crippen LogP contribution in [0.25, 0.3) is 11.0 Å². The van der Waals surface area contributed by atoms with Gasteiger partial charge in [0.1, 0.15) is 0 Å². The average Bonchev–Trinajstić information content (AvgIpc) is 2.84. The van der Waals surface area contributed by atoms with Gasteiger partial charge >= 0.3 is 6.03 Å². The molecule has 2 aromatic rings. The van der Waals surface area contributed by atoms with E-state index in [1.165, 1.54) is 11.8 Å². The number of thioether (sulfide) groups is 1. The summed E-state index contributed by atoms with van der Waals surface area (Å²) in [7, 11) is 0. The Labute approximate surface area is 133 Å². The lowest BCUT2D eigenvalue weighted by atomic mass is 10.3. The van der Waals surface area contributed by atoms with Crippen LogP contribution in [0, 0.1) is 0 Å². The maximum atomic E-state index is 11.7. The first-order valence-electron chi connectivity index (χ1n) is 6.92. The largest absolute Gasteiger partial charge is 0.338 e. The summed E-state index contributed by atoms with van der Waals surface area (Å²) in [6.07, 6.45) is 1.78. The molecule has 0 radical (unpaired) electrons. The first-order chi connectivity index (χ1) is 10.7. The highest BCUT2D eigenvalue weighted by atomic mass is 32.2. The molecule has 6 nitrogen and oxygen atoms in total. The predicted molar refractivity (Wildman–Crippen MR) is 87.9 cm³/mol. The van der Waals surface area contributed by atoms with Crippen molar-refractivity contribution in [2.45, 2.75) is 18.6 Å². The van der Waals surface area contributed by atoms with Gasteiger partial charge in [-0.1, -0.05) is 30.0 Å². The monoisotopic (exact) mass is 318 g/mol. The van der Waals surface area contributed by atoms with Gasteiger partial charge in [-0.05, 0) is 19.1 Å². The number of allylic oxidation sites excluding steroid dienone is 1. The number of fused-ring (bicyclic) bond motifs is 1. The van der Waals surface area contributed by atoms with Crippen LogP contribution in [-0.2, 0) is 11.3 Å². The molecule has 1 heterocycles. The van der Waals surface area contributed by atoms with Gasteiger partial charge in [0.2, 0.25) is 5.91 Å². The summed E-state index contributed by atoms with van der Waals surface area (Å²) in [6.45, 7) is 6.62. The molecule has 0 unspecified atom stereocenters. The van der Waals surface area contributed by atoms with Crippen LogP contribution in [-0.4, -0.2) is 33.8 Å². The number of nitrogens with zero attached hydrogens (tertiary/aromatic N) is 2. The fourth-order valence-corrected chi connectivity index (χ4v) is 2.79. The Morgan fingerprint density at radius 3 is 2.91 bits per heavy atom. The van der Waals surface area contributed by atoms with Gasteiger partial charge < -0.3 is 9.88 Å². The number of rotatable bonds is 6. The zero-order valence-corrected chi connectivity index (χ0v) is 13.2. The van der Waals surface area contributed by atoms with E-state index in [1.807, 2.05) is 28.8 Å². The number of amides is 3. The number of hydrogen-bond donors (Lipinski definition) is 2. The number of para-hydroxylation sites is 2. The van der Waals surface area contributed by atoms with Crippen LogP contribution in [0.3, 0.4) is 0 Å². The fourth-order valence-electron chi connectivity index (χ4n) is 1.97. The summed E-state index contributed by atoms with van der Waals surface area (Å²) >= 11 is 1.29. The molecule has 0 fully saturated rings. The van der Waals surface area contributed by atoms with Crippen LogP contribution in [0.15, 0.2) is 42.1 Å². The zero-order chi connectivity index (χ0) is 15.9. The van der Waals surface area contributed by atoms with Crippen molar-refractivity contribution >= 4 is 34.7 Å². The Morgan fingerprint density at radius 1 is 1.41 bits per heavy atom. The van der Waals surface area contributed by atoms with Crippen LogP contribution in [0.1, 0.15) is 6.92 Å². The van der Waals surface area contributed by atoms with Gasteiger partial charge in [-0.3, -0.25) is 10.1 Å². The maximum absolute atomic E-state index is 11.7. The topological polar surface area (TPSA) is 76.0 Å². The van der Waals surface area contributed by atoms with Gasteiger partial charge in [0, 0.05) is 13.1 Å². The molecule has 1 aromatic heterocycles. The van der Waals surface area contributed by atoms with Crippen LogP contribution >= 0.6 is 11.8 Å². The molecule has 0 aliphatic rings. The number of imidazole rings is 1. The number of hydrogen-bond acceptors (Lipinski definition) is 4. The number of urea groups is 1.